The molecule has 0 bridgehead atoms. The summed E-state index contributed by atoms with van der Waals surface area (Å²) in [7, 11) is 0. The third-order valence-electron chi connectivity index (χ3n) is 4.11. The molecule has 0 spiro atoms. The van der Waals surface area contributed by atoms with Gasteiger partial charge < -0.3 is 14.7 Å². The van der Waals surface area contributed by atoms with E-state index in [2.05, 4.69) is 37.5 Å². The Kier molecular flexibility index (Phi) is 5.52. The minimum Gasteiger partial charge on any atom is -0.354 e. The maximum absolute atomic E-state index is 5.27. The van der Waals surface area contributed by atoms with E-state index in [1.807, 2.05) is 12.1 Å². The smallest absolute Gasteiger partial charge is 0.226 e. The molecule has 0 radical (unpaired) electrons. The highest BCUT2D eigenvalue weighted by Crippen LogP contribution is 2.16. The predicted octanol–water partition coefficient (Wildman–Crippen LogP) is 1.96. The third kappa shape index (κ3) is 4.48. The molecule has 1 aliphatic rings. The molecule has 1 fully saturated rings. The largest absolute Gasteiger partial charge is 0.354 e. The first kappa shape index (κ1) is 15.9. The number of rotatable bonds is 7. The van der Waals surface area contributed by atoms with Crippen LogP contribution in [0.2, 0.25) is 0 Å². The van der Waals surface area contributed by atoms with Crippen LogP contribution in [0.15, 0.2) is 22.9 Å². The molecule has 0 saturated carbocycles. The molecule has 7 nitrogen and oxygen atoms in total. The molecule has 2 aromatic rings. The van der Waals surface area contributed by atoms with Crippen molar-refractivity contribution in [2.75, 3.05) is 18.0 Å². The van der Waals surface area contributed by atoms with Gasteiger partial charge in [-0.3, -0.25) is 0 Å². The van der Waals surface area contributed by atoms with Crippen LogP contribution in [0.25, 0.3) is 0 Å². The average Bonchev–Trinajstić information content (AvgIpc) is 3.07. The molecule has 0 aromatic carbocycles. The summed E-state index contributed by atoms with van der Waals surface area (Å²) in [6.07, 6.45) is 7.09. The molecule has 7 heteroatoms. The molecular weight excluding hydrogens is 292 g/mol. The van der Waals surface area contributed by atoms with E-state index in [9.17, 15) is 0 Å². The Balaban J connectivity index is 1.49. The topological polar surface area (TPSA) is 80.0 Å². The summed E-state index contributed by atoms with van der Waals surface area (Å²) in [5, 5.41) is 15.7. The second-order valence-electron chi connectivity index (χ2n) is 5.96. The average molecular weight is 316 g/mol. The van der Waals surface area contributed by atoms with Gasteiger partial charge in [0.15, 0.2) is 11.6 Å². The van der Waals surface area contributed by atoms with E-state index in [0.717, 1.165) is 62.7 Å². The summed E-state index contributed by atoms with van der Waals surface area (Å²) in [5.74, 6) is 2.43. The van der Waals surface area contributed by atoms with Crippen LogP contribution in [0.3, 0.4) is 0 Å². The molecule has 124 valence electrons. The summed E-state index contributed by atoms with van der Waals surface area (Å²) in [4.78, 5) is 6.71. The number of aryl methyl sites for hydroxylation is 1. The molecule has 1 atom stereocenters. The van der Waals surface area contributed by atoms with Crippen molar-refractivity contribution in [2.24, 2.45) is 0 Å². The van der Waals surface area contributed by atoms with Crippen molar-refractivity contribution >= 4 is 5.82 Å². The van der Waals surface area contributed by atoms with Crippen molar-refractivity contribution in [3.05, 3.63) is 30.0 Å². The fraction of sp³-hybridized carbons (Fsp3) is 0.625. The molecule has 3 heterocycles. The van der Waals surface area contributed by atoms with Gasteiger partial charge >= 0.3 is 0 Å². The number of nitrogens with one attached hydrogen (secondary N) is 1. The lowest BCUT2D eigenvalue weighted by Gasteiger charge is -2.33. The number of nitrogens with zero attached hydrogens (tertiary/aromatic N) is 5. The molecule has 1 aliphatic heterocycles. The van der Waals surface area contributed by atoms with E-state index in [-0.39, 0.29) is 0 Å². The van der Waals surface area contributed by atoms with Crippen molar-refractivity contribution < 1.29 is 4.52 Å². The minimum absolute atomic E-state index is 0.406. The second kappa shape index (κ2) is 8.01. The zero-order valence-electron chi connectivity index (χ0n) is 13.6. The van der Waals surface area contributed by atoms with Crippen LogP contribution in [-0.4, -0.2) is 39.5 Å². The van der Waals surface area contributed by atoms with E-state index >= 15 is 0 Å². The van der Waals surface area contributed by atoms with Crippen molar-refractivity contribution in [1.29, 1.82) is 0 Å². The molecule has 23 heavy (non-hydrogen) atoms. The molecule has 0 unspecified atom stereocenters. The number of hydrogen-bond acceptors (Lipinski definition) is 7. The fourth-order valence-electron chi connectivity index (χ4n) is 2.84. The third-order valence-corrected chi connectivity index (χ3v) is 4.11. The zero-order chi connectivity index (χ0) is 15.9. The monoisotopic (exact) mass is 316 g/mol. The summed E-state index contributed by atoms with van der Waals surface area (Å²) in [5.41, 5.74) is 0. The normalized spacial score (nSPS) is 18.3. The van der Waals surface area contributed by atoms with Gasteiger partial charge in [0.1, 0.15) is 0 Å². The van der Waals surface area contributed by atoms with E-state index in [1.165, 1.54) is 0 Å². The van der Waals surface area contributed by atoms with Crippen LogP contribution in [0.5, 0.6) is 0 Å². The Morgan fingerprint density at radius 2 is 2.39 bits per heavy atom. The van der Waals surface area contributed by atoms with Gasteiger partial charge in [0.25, 0.3) is 0 Å². The van der Waals surface area contributed by atoms with Crippen LogP contribution >= 0.6 is 0 Å². The highest BCUT2D eigenvalue weighted by atomic mass is 16.5. The van der Waals surface area contributed by atoms with Crippen molar-refractivity contribution in [3.63, 3.8) is 0 Å². The van der Waals surface area contributed by atoms with Crippen LogP contribution in [0, 0.1) is 0 Å². The van der Waals surface area contributed by atoms with E-state index in [1.54, 1.807) is 6.20 Å². The Hall–Kier alpha value is -2.02. The number of aromatic nitrogens is 4. The molecular formula is C16H24N6O. The number of piperidine rings is 1. The van der Waals surface area contributed by atoms with E-state index < -0.39 is 0 Å². The quantitative estimate of drug-likeness (QED) is 0.836. The Bertz CT molecular complexity index is 587. The van der Waals surface area contributed by atoms with Gasteiger partial charge in [0, 0.05) is 31.7 Å². The van der Waals surface area contributed by atoms with Gasteiger partial charge in [-0.2, -0.15) is 10.1 Å². The van der Waals surface area contributed by atoms with Gasteiger partial charge in [-0.05, 0) is 31.4 Å². The fourth-order valence-corrected chi connectivity index (χ4v) is 2.84. The molecule has 0 amide bonds. The van der Waals surface area contributed by atoms with E-state index in [4.69, 9.17) is 4.52 Å². The number of hydrogen-bond donors (Lipinski definition) is 1. The first-order chi connectivity index (χ1) is 11.3. The van der Waals surface area contributed by atoms with Crippen LogP contribution < -0.4 is 10.2 Å². The Morgan fingerprint density at radius 3 is 3.22 bits per heavy atom. The molecule has 1 N–H and O–H groups in total. The number of unbranched alkanes of at least 4 members (excludes halogenated alkanes) is 1. The summed E-state index contributed by atoms with van der Waals surface area (Å²) in [6.45, 7) is 4.76. The van der Waals surface area contributed by atoms with Gasteiger partial charge in [-0.1, -0.05) is 18.5 Å². The van der Waals surface area contributed by atoms with Crippen molar-refractivity contribution in [1.82, 2.24) is 25.7 Å². The van der Waals surface area contributed by atoms with Crippen LogP contribution in [-0.2, 0) is 13.0 Å². The summed E-state index contributed by atoms with van der Waals surface area (Å²) in [6, 6.07) is 4.34. The highest BCUT2D eigenvalue weighted by Gasteiger charge is 2.21. The lowest BCUT2D eigenvalue weighted by atomic mass is 10.1. The second-order valence-corrected chi connectivity index (χ2v) is 5.96. The van der Waals surface area contributed by atoms with Gasteiger partial charge in [-0.25, -0.2) is 0 Å². The summed E-state index contributed by atoms with van der Waals surface area (Å²) >= 11 is 0. The molecule has 0 aliphatic carbocycles. The SMILES string of the molecule is CCCCc1nc(CN[C@H]2CCCN(c3cccnn3)C2)no1. The lowest BCUT2D eigenvalue weighted by Crippen LogP contribution is -2.46. The van der Waals surface area contributed by atoms with Crippen molar-refractivity contribution in [2.45, 2.75) is 51.6 Å². The Morgan fingerprint density at radius 1 is 1.43 bits per heavy atom. The molecule has 1 saturated heterocycles. The molecule has 2 aromatic heterocycles. The van der Waals surface area contributed by atoms with E-state index in [0.29, 0.717) is 12.6 Å². The highest BCUT2D eigenvalue weighted by molar-refractivity contribution is 5.37. The zero-order valence-corrected chi connectivity index (χ0v) is 13.6. The van der Waals surface area contributed by atoms with Crippen molar-refractivity contribution in [3.8, 4) is 0 Å². The summed E-state index contributed by atoms with van der Waals surface area (Å²) < 4.78 is 5.27. The van der Waals surface area contributed by atoms with Gasteiger partial charge in [0.2, 0.25) is 5.89 Å². The first-order valence-electron chi connectivity index (χ1n) is 8.42. The van der Waals surface area contributed by atoms with Gasteiger partial charge in [-0.15, -0.1) is 5.10 Å². The standard InChI is InChI=1S/C16H24N6O/c1-2-3-8-16-19-14(21-23-16)11-17-13-6-5-10-22(12-13)15-7-4-9-18-20-15/h4,7,9,13,17H,2-3,5-6,8,10-12H2,1H3/t13-/m0/s1. The number of anilines is 1. The van der Waals surface area contributed by atoms with Crippen LogP contribution in [0.1, 0.15) is 44.3 Å². The Labute approximate surface area is 136 Å². The maximum atomic E-state index is 5.27. The first-order valence-corrected chi connectivity index (χ1v) is 8.42. The van der Waals surface area contributed by atoms with Crippen LogP contribution in [0.4, 0.5) is 5.82 Å². The molecule has 3 rings (SSSR count). The maximum Gasteiger partial charge on any atom is 0.226 e. The lowest BCUT2D eigenvalue weighted by molar-refractivity contribution is 0.363. The minimum atomic E-state index is 0.406. The van der Waals surface area contributed by atoms with Gasteiger partial charge in [0.05, 0.1) is 6.54 Å². The predicted molar refractivity (Wildman–Crippen MR) is 87.0 cm³/mol.